The van der Waals surface area contributed by atoms with Crippen LogP contribution in [0.2, 0.25) is 0 Å². The highest BCUT2D eigenvalue weighted by molar-refractivity contribution is 7.89. The van der Waals surface area contributed by atoms with Crippen LogP contribution in [-0.4, -0.2) is 60.0 Å². The molecule has 28 heavy (non-hydrogen) atoms. The van der Waals surface area contributed by atoms with Crippen LogP contribution in [-0.2, 0) is 14.8 Å². The molecule has 0 spiro atoms. The van der Waals surface area contributed by atoms with Crippen LogP contribution in [0.4, 0.5) is 0 Å². The average molecular weight is 410 g/mol. The Bertz CT molecular complexity index is 933. The average Bonchev–Trinajstić information content (AvgIpc) is 3.06. The summed E-state index contributed by atoms with van der Waals surface area (Å²) in [5.74, 6) is 0.365. The zero-order valence-electron chi connectivity index (χ0n) is 16.5. The van der Waals surface area contributed by atoms with Crippen LogP contribution in [0.5, 0.6) is 0 Å². The van der Waals surface area contributed by atoms with Gasteiger partial charge in [-0.3, -0.25) is 4.79 Å². The first kappa shape index (κ1) is 20.5. The van der Waals surface area contributed by atoms with Gasteiger partial charge in [0.2, 0.25) is 10.0 Å². The molecule has 0 bridgehead atoms. The number of nitrogens with one attached hydrogen (secondary N) is 1. The highest BCUT2D eigenvalue weighted by Gasteiger charge is 2.32. The molecule has 1 aromatic carbocycles. The largest absolute Gasteiger partial charge is 0.385 e. The van der Waals surface area contributed by atoms with Gasteiger partial charge in [-0.1, -0.05) is 25.6 Å². The number of rotatable bonds is 7. The van der Waals surface area contributed by atoms with Gasteiger partial charge in [0, 0.05) is 19.6 Å². The Morgan fingerprint density at radius 2 is 2.00 bits per heavy atom. The molecule has 1 amide bonds. The van der Waals surface area contributed by atoms with Crippen molar-refractivity contribution in [1.29, 1.82) is 0 Å². The summed E-state index contributed by atoms with van der Waals surface area (Å²) in [6.07, 6.45) is 1.85. The smallest absolute Gasteiger partial charge is 0.260 e. The van der Waals surface area contributed by atoms with Crippen molar-refractivity contribution < 1.29 is 18.0 Å². The maximum atomic E-state index is 13.1. The number of aromatic nitrogens is 3. The van der Waals surface area contributed by atoms with Crippen LogP contribution >= 0.6 is 0 Å². The van der Waals surface area contributed by atoms with Crippen LogP contribution in [0.1, 0.15) is 33.6 Å². The lowest BCUT2D eigenvalue weighted by Gasteiger charge is -2.34. The van der Waals surface area contributed by atoms with E-state index in [1.54, 1.807) is 10.4 Å². The number of hydrogen-bond donors (Lipinski definition) is 1. The monoisotopic (exact) mass is 409 g/mol. The maximum absolute atomic E-state index is 13.1. The van der Waals surface area contributed by atoms with Gasteiger partial charge in [-0.05, 0) is 48.1 Å². The molecule has 2 atom stereocenters. The molecular weight excluding hydrogens is 382 g/mol. The number of carbonyl (C=O) groups excluding carboxylic acids is 1. The Labute approximate surface area is 165 Å². The Kier molecular flexibility index (Phi) is 6.19. The number of nitrogens with zero attached hydrogens (tertiary/aromatic N) is 4. The summed E-state index contributed by atoms with van der Waals surface area (Å²) in [7, 11) is -3.63. The van der Waals surface area contributed by atoms with E-state index >= 15 is 0 Å². The third kappa shape index (κ3) is 4.44. The van der Waals surface area contributed by atoms with Gasteiger partial charge >= 0.3 is 0 Å². The zero-order chi connectivity index (χ0) is 20.3. The molecule has 1 saturated heterocycles. The van der Waals surface area contributed by atoms with E-state index in [4.69, 9.17) is 4.84 Å². The highest BCUT2D eigenvalue weighted by atomic mass is 32.2. The number of sulfonamides is 1. The SMILES string of the molecule is CCCNC(=O)COn1nnc2ccc(S(=O)(=O)N3C[C@H](C)C[C@@H](C)C3)cc21. The quantitative estimate of drug-likeness (QED) is 0.733. The second-order valence-corrected chi connectivity index (χ2v) is 9.44. The van der Waals surface area contributed by atoms with Crippen LogP contribution in [0.25, 0.3) is 11.0 Å². The van der Waals surface area contributed by atoms with Gasteiger partial charge in [-0.15, -0.1) is 5.10 Å². The van der Waals surface area contributed by atoms with Crippen molar-refractivity contribution in [2.75, 3.05) is 26.2 Å². The summed E-state index contributed by atoms with van der Waals surface area (Å²) in [6, 6.07) is 4.64. The molecule has 2 aromatic rings. The Morgan fingerprint density at radius 3 is 2.68 bits per heavy atom. The fourth-order valence-electron chi connectivity index (χ4n) is 3.52. The first-order valence-corrected chi connectivity index (χ1v) is 11.0. The molecule has 1 aliphatic heterocycles. The summed E-state index contributed by atoms with van der Waals surface area (Å²) in [5.41, 5.74) is 0.899. The predicted molar refractivity (Wildman–Crippen MR) is 104 cm³/mol. The molecule has 2 heterocycles. The van der Waals surface area contributed by atoms with Gasteiger partial charge < -0.3 is 10.2 Å². The standard InChI is InChI=1S/C18H27N5O4S/c1-4-7-19-18(24)12-27-23-17-9-15(5-6-16(17)20-21-23)28(25,26)22-10-13(2)8-14(3)11-22/h5-6,9,13-14H,4,7-8,10-12H2,1-3H3,(H,19,24)/t13-,14-/m1/s1. The number of piperidine rings is 1. The molecule has 3 rings (SSSR count). The van der Waals surface area contributed by atoms with Crippen molar-refractivity contribution in [3.63, 3.8) is 0 Å². The van der Waals surface area contributed by atoms with E-state index in [2.05, 4.69) is 29.5 Å². The van der Waals surface area contributed by atoms with Gasteiger partial charge in [0.1, 0.15) is 11.0 Å². The van der Waals surface area contributed by atoms with Gasteiger partial charge in [-0.25, -0.2) is 8.42 Å². The second-order valence-electron chi connectivity index (χ2n) is 7.50. The number of amides is 1. The summed E-state index contributed by atoms with van der Waals surface area (Å²) in [6.45, 7) is 7.45. The fourth-order valence-corrected chi connectivity index (χ4v) is 5.22. The molecule has 1 fully saturated rings. The van der Waals surface area contributed by atoms with Crippen LogP contribution in [0.3, 0.4) is 0 Å². The predicted octanol–water partition coefficient (Wildman–Crippen LogP) is 1.05. The minimum atomic E-state index is -3.63. The lowest BCUT2D eigenvalue weighted by Crippen LogP contribution is -2.42. The fraction of sp³-hybridized carbons (Fsp3) is 0.611. The molecule has 0 unspecified atom stereocenters. The minimum Gasteiger partial charge on any atom is -0.385 e. The van der Waals surface area contributed by atoms with E-state index in [0.29, 0.717) is 42.5 Å². The molecule has 154 valence electrons. The molecule has 9 nitrogen and oxygen atoms in total. The van der Waals surface area contributed by atoms with Crippen LogP contribution < -0.4 is 10.2 Å². The molecule has 1 aliphatic rings. The number of fused-ring (bicyclic) bond motifs is 1. The summed E-state index contributed by atoms with van der Waals surface area (Å²) >= 11 is 0. The van der Waals surface area contributed by atoms with E-state index in [9.17, 15) is 13.2 Å². The van der Waals surface area contributed by atoms with Crippen molar-refractivity contribution in [3.8, 4) is 0 Å². The molecule has 10 heteroatoms. The van der Waals surface area contributed by atoms with Crippen molar-refractivity contribution in [2.45, 2.75) is 38.5 Å². The van der Waals surface area contributed by atoms with Crippen LogP contribution in [0.15, 0.2) is 23.1 Å². The summed E-state index contributed by atoms with van der Waals surface area (Å²) in [4.78, 5) is 18.4. The molecule has 0 radical (unpaired) electrons. The molecule has 0 aliphatic carbocycles. The van der Waals surface area contributed by atoms with E-state index < -0.39 is 10.0 Å². The van der Waals surface area contributed by atoms with Crippen molar-refractivity contribution in [2.24, 2.45) is 11.8 Å². The van der Waals surface area contributed by atoms with E-state index in [1.807, 2.05) is 6.92 Å². The first-order chi connectivity index (χ1) is 13.3. The van der Waals surface area contributed by atoms with Crippen molar-refractivity contribution in [1.82, 2.24) is 24.8 Å². The summed E-state index contributed by atoms with van der Waals surface area (Å²) < 4.78 is 27.8. The molecule has 1 N–H and O–H groups in total. The van der Waals surface area contributed by atoms with Gasteiger partial charge in [0.25, 0.3) is 5.91 Å². The van der Waals surface area contributed by atoms with Gasteiger partial charge in [0.15, 0.2) is 6.61 Å². The molecule has 0 saturated carbocycles. The van der Waals surface area contributed by atoms with Gasteiger partial charge in [0.05, 0.1) is 4.90 Å². The van der Waals surface area contributed by atoms with Crippen molar-refractivity contribution in [3.05, 3.63) is 18.2 Å². The third-order valence-corrected chi connectivity index (χ3v) is 6.58. The first-order valence-electron chi connectivity index (χ1n) is 9.57. The number of hydrogen-bond acceptors (Lipinski definition) is 6. The molecule has 1 aromatic heterocycles. The lowest BCUT2D eigenvalue weighted by atomic mass is 9.94. The summed E-state index contributed by atoms with van der Waals surface area (Å²) in [5, 5.41) is 10.5. The van der Waals surface area contributed by atoms with E-state index in [0.717, 1.165) is 17.7 Å². The topological polar surface area (TPSA) is 106 Å². The van der Waals surface area contributed by atoms with E-state index in [1.165, 1.54) is 12.1 Å². The third-order valence-electron chi connectivity index (χ3n) is 4.75. The Balaban J connectivity index is 1.82. The normalized spacial score (nSPS) is 21.0. The second kappa shape index (κ2) is 8.44. The molecular formula is C18H27N5O4S. The Morgan fingerprint density at radius 1 is 1.29 bits per heavy atom. The van der Waals surface area contributed by atoms with Gasteiger partial charge in [-0.2, -0.15) is 4.31 Å². The number of carbonyl (C=O) groups is 1. The van der Waals surface area contributed by atoms with E-state index in [-0.39, 0.29) is 17.4 Å². The van der Waals surface area contributed by atoms with Crippen molar-refractivity contribution >= 4 is 27.0 Å². The highest BCUT2D eigenvalue weighted by Crippen LogP contribution is 2.27. The zero-order valence-corrected chi connectivity index (χ0v) is 17.3. The minimum absolute atomic E-state index is 0.170. The maximum Gasteiger partial charge on any atom is 0.260 e. The van der Waals surface area contributed by atoms with Crippen LogP contribution in [0, 0.1) is 11.8 Å². The number of benzene rings is 1. The lowest BCUT2D eigenvalue weighted by molar-refractivity contribution is -0.126. The Hall–Kier alpha value is -2.20.